The number of nitrogens with zero attached hydrogens (tertiary/aromatic N) is 3. The standard InChI is InChI=1S/C31H32F2N4O2/c1-21-29(35-16-15-23(18-35)17-22-9-4-2-5-10-22)30(38)37(20-28(34)24-11-6-3-7-12-24)31(39)36(21)19-25-26(32)13-8-14-27(25)33/h2-14,23,28H,15-20,34H2,1H3/t23?,28-/m0/s1. The highest BCUT2D eigenvalue weighted by Crippen LogP contribution is 2.27. The molecule has 1 unspecified atom stereocenters. The van der Waals surface area contributed by atoms with E-state index in [-0.39, 0.29) is 18.7 Å². The molecule has 1 aliphatic rings. The molecule has 6 nitrogen and oxygen atoms in total. The van der Waals surface area contributed by atoms with E-state index in [1.807, 2.05) is 53.4 Å². The van der Waals surface area contributed by atoms with E-state index in [4.69, 9.17) is 5.73 Å². The average Bonchev–Trinajstić information content (AvgIpc) is 3.39. The van der Waals surface area contributed by atoms with Crippen LogP contribution in [0.4, 0.5) is 14.5 Å². The first-order chi connectivity index (χ1) is 18.8. The molecule has 2 heterocycles. The minimum Gasteiger partial charge on any atom is -0.365 e. The Bertz CT molecular complexity index is 1550. The van der Waals surface area contributed by atoms with Crippen molar-refractivity contribution in [2.45, 2.75) is 38.9 Å². The van der Waals surface area contributed by atoms with Crippen LogP contribution in [0, 0.1) is 24.5 Å². The molecule has 0 amide bonds. The molecule has 1 aromatic heterocycles. The zero-order valence-corrected chi connectivity index (χ0v) is 21.9. The van der Waals surface area contributed by atoms with Crippen LogP contribution in [0.1, 0.15) is 34.8 Å². The lowest BCUT2D eigenvalue weighted by molar-refractivity contribution is 0.491. The van der Waals surface area contributed by atoms with Crippen LogP contribution in [0.5, 0.6) is 0 Å². The van der Waals surface area contributed by atoms with Crippen LogP contribution >= 0.6 is 0 Å². The Morgan fingerprint density at radius 2 is 1.54 bits per heavy atom. The molecule has 0 bridgehead atoms. The molecule has 202 valence electrons. The van der Waals surface area contributed by atoms with Gasteiger partial charge in [0.1, 0.15) is 17.3 Å². The van der Waals surface area contributed by atoms with Crippen molar-refractivity contribution in [3.05, 3.63) is 134 Å². The monoisotopic (exact) mass is 530 g/mol. The second kappa shape index (κ2) is 11.4. The summed E-state index contributed by atoms with van der Waals surface area (Å²) in [6.45, 7) is 2.56. The lowest BCUT2D eigenvalue weighted by Crippen LogP contribution is -2.46. The van der Waals surface area contributed by atoms with Gasteiger partial charge in [0.25, 0.3) is 5.56 Å². The smallest absolute Gasteiger partial charge is 0.331 e. The summed E-state index contributed by atoms with van der Waals surface area (Å²) in [5, 5.41) is 0. The second-order valence-electron chi connectivity index (χ2n) is 10.2. The first-order valence-corrected chi connectivity index (χ1v) is 13.2. The minimum absolute atomic E-state index is 0.0595. The van der Waals surface area contributed by atoms with Crippen LogP contribution in [0.3, 0.4) is 0 Å². The van der Waals surface area contributed by atoms with Gasteiger partial charge in [-0.15, -0.1) is 0 Å². The molecule has 0 spiro atoms. The molecule has 1 fully saturated rings. The Hall–Kier alpha value is -4.04. The molecule has 0 aliphatic carbocycles. The fourth-order valence-electron chi connectivity index (χ4n) is 5.49. The lowest BCUT2D eigenvalue weighted by Gasteiger charge is -2.25. The van der Waals surface area contributed by atoms with Crippen LogP contribution in [0.25, 0.3) is 0 Å². The maximum absolute atomic E-state index is 14.6. The predicted octanol–water partition coefficient (Wildman–Crippen LogP) is 4.41. The fourth-order valence-corrected chi connectivity index (χ4v) is 5.49. The van der Waals surface area contributed by atoms with E-state index in [9.17, 15) is 18.4 Å². The van der Waals surface area contributed by atoms with Crippen LogP contribution in [-0.4, -0.2) is 22.2 Å². The summed E-state index contributed by atoms with van der Waals surface area (Å²) in [4.78, 5) is 29.6. The van der Waals surface area contributed by atoms with E-state index in [0.717, 1.165) is 35.1 Å². The number of hydrogen-bond acceptors (Lipinski definition) is 4. The van der Waals surface area contributed by atoms with Crippen molar-refractivity contribution < 1.29 is 8.78 Å². The van der Waals surface area contributed by atoms with Crippen LogP contribution in [-0.2, 0) is 19.5 Å². The molecule has 8 heteroatoms. The zero-order chi connectivity index (χ0) is 27.5. The summed E-state index contributed by atoms with van der Waals surface area (Å²) in [7, 11) is 0. The van der Waals surface area contributed by atoms with Crippen molar-refractivity contribution in [2.75, 3.05) is 18.0 Å². The number of benzene rings is 3. The van der Waals surface area contributed by atoms with Crippen molar-refractivity contribution in [1.29, 1.82) is 0 Å². The molecule has 3 aromatic carbocycles. The third-order valence-electron chi connectivity index (χ3n) is 7.61. The Morgan fingerprint density at radius 3 is 2.21 bits per heavy atom. The lowest BCUT2D eigenvalue weighted by atomic mass is 9.99. The van der Waals surface area contributed by atoms with Gasteiger partial charge in [-0.05, 0) is 48.9 Å². The minimum atomic E-state index is -0.745. The van der Waals surface area contributed by atoms with E-state index in [1.165, 1.54) is 16.2 Å². The normalized spacial score (nSPS) is 16.0. The van der Waals surface area contributed by atoms with Gasteiger partial charge in [0, 0.05) is 30.4 Å². The summed E-state index contributed by atoms with van der Waals surface area (Å²) in [5.74, 6) is -1.16. The molecule has 5 rings (SSSR count). The van der Waals surface area contributed by atoms with Crippen molar-refractivity contribution in [2.24, 2.45) is 11.7 Å². The van der Waals surface area contributed by atoms with E-state index in [1.54, 1.807) is 6.92 Å². The van der Waals surface area contributed by atoms with Gasteiger partial charge in [-0.25, -0.2) is 13.6 Å². The number of anilines is 1. The molecular formula is C31H32F2N4O2. The topological polar surface area (TPSA) is 73.3 Å². The van der Waals surface area contributed by atoms with Gasteiger partial charge in [0.05, 0.1) is 13.1 Å². The first kappa shape index (κ1) is 26.6. The number of hydrogen-bond donors (Lipinski definition) is 1. The Balaban J connectivity index is 1.55. The molecule has 4 aromatic rings. The number of aromatic nitrogens is 2. The first-order valence-electron chi connectivity index (χ1n) is 13.2. The number of nitrogens with two attached hydrogens (primary N) is 1. The van der Waals surface area contributed by atoms with Crippen LogP contribution in [0.2, 0.25) is 0 Å². The van der Waals surface area contributed by atoms with E-state index in [2.05, 4.69) is 12.1 Å². The highest BCUT2D eigenvalue weighted by atomic mass is 19.1. The molecule has 1 saturated heterocycles. The molecular weight excluding hydrogens is 498 g/mol. The summed E-state index contributed by atoms with van der Waals surface area (Å²) in [5.41, 5.74) is 7.89. The second-order valence-corrected chi connectivity index (χ2v) is 10.2. The number of halogens is 2. The summed E-state index contributed by atoms with van der Waals surface area (Å²) >= 11 is 0. The highest BCUT2D eigenvalue weighted by Gasteiger charge is 2.29. The maximum Gasteiger partial charge on any atom is 0.331 e. The molecule has 0 radical (unpaired) electrons. The van der Waals surface area contributed by atoms with Gasteiger partial charge in [0.2, 0.25) is 0 Å². The van der Waals surface area contributed by atoms with Gasteiger partial charge < -0.3 is 10.6 Å². The summed E-state index contributed by atoms with van der Waals surface area (Å²) < 4.78 is 31.6. The van der Waals surface area contributed by atoms with Crippen molar-refractivity contribution in [3.63, 3.8) is 0 Å². The van der Waals surface area contributed by atoms with Crippen LogP contribution in [0.15, 0.2) is 88.5 Å². The third kappa shape index (κ3) is 5.56. The van der Waals surface area contributed by atoms with Gasteiger partial charge in [-0.2, -0.15) is 0 Å². The van der Waals surface area contributed by atoms with Crippen molar-refractivity contribution in [1.82, 2.24) is 9.13 Å². The SMILES string of the molecule is Cc1c(N2CCC(Cc3ccccc3)C2)c(=O)n(C[C@H](N)c2ccccc2)c(=O)n1Cc1c(F)cccc1F. The van der Waals surface area contributed by atoms with Gasteiger partial charge >= 0.3 is 5.69 Å². The Labute approximate surface area is 225 Å². The third-order valence-corrected chi connectivity index (χ3v) is 7.61. The van der Waals surface area contributed by atoms with Crippen LogP contribution < -0.4 is 21.9 Å². The van der Waals surface area contributed by atoms with Gasteiger partial charge in [0.15, 0.2) is 0 Å². The van der Waals surface area contributed by atoms with Gasteiger partial charge in [-0.1, -0.05) is 66.7 Å². The highest BCUT2D eigenvalue weighted by molar-refractivity contribution is 5.50. The molecule has 39 heavy (non-hydrogen) atoms. The fraction of sp³-hybridized carbons (Fsp3) is 0.290. The average molecular weight is 531 g/mol. The maximum atomic E-state index is 14.6. The molecule has 0 saturated carbocycles. The Kier molecular flexibility index (Phi) is 7.74. The summed E-state index contributed by atoms with van der Waals surface area (Å²) in [6, 6.07) is 22.4. The van der Waals surface area contributed by atoms with E-state index in [0.29, 0.717) is 30.4 Å². The molecule has 1 aliphatic heterocycles. The van der Waals surface area contributed by atoms with Crippen molar-refractivity contribution in [3.8, 4) is 0 Å². The van der Waals surface area contributed by atoms with Crippen molar-refractivity contribution >= 4 is 5.69 Å². The summed E-state index contributed by atoms with van der Waals surface area (Å²) in [6.07, 6.45) is 1.77. The quantitative estimate of drug-likeness (QED) is 0.366. The van der Waals surface area contributed by atoms with E-state index < -0.39 is 28.9 Å². The zero-order valence-electron chi connectivity index (χ0n) is 21.9. The van der Waals surface area contributed by atoms with E-state index >= 15 is 0 Å². The molecule has 2 atom stereocenters. The largest absolute Gasteiger partial charge is 0.365 e. The Morgan fingerprint density at radius 1 is 0.897 bits per heavy atom. The van der Waals surface area contributed by atoms with Gasteiger partial charge in [-0.3, -0.25) is 13.9 Å². The molecule has 2 N–H and O–H groups in total. The number of rotatable bonds is 8. The predicted molar refractivity (Wildman–Crippen MR) is 149 cm³/mol.